The predicted octanol–water partition coefficient (Wildman–Crippen LogP) is 3.70. The van der Waals surface area contributed by atoms with E-state index in [0.29, 0.717) is 0 Å². The zero-order valence-corrected chi connectivity index (χ0v) is 10.5. The molecule has 0 aliphatic rings. The van der Waals surface area contributed by atoms with Crippen LogP contribution in [0.2, 0.25) is 5.02 Å². The van der Waals surface area contributed by atoms with Gasteiger partial charge in [-0.25, -0.2) is 0 Å². The lowest BCUT2D eigenvalue weighted by Gasteiger charge is -2.09. The highest BCUT2D eigenvalue weighted by atomic mass is 35.5. The lowest BCUT2D eigenvalue weighted by molar-refractivity contribution is 0.960. The van der Waals surface area contributed by atoms with Crippen molar-refractivity contribution < 1.29 is 0 Å². The van der Waals surface area contributed by atoms with Crippen molar-refractivity contribution >= 4 is 17.3 Å². The monoisotopic (exact) mass is 246 g/mol. The summed E-state index contributed by atoms with van der Waals surface area (Å²) in [5.74, 6) is 0. The summed E-state index contributed by atoms with van der Waals surface area (Å²) in [5, 5.41) is 4.14. The molecule has 0 aliphatic carbocycles. The second-order valence-electron chi connectivity index (χ2n) is 3.96. The van der Waals surface area contributed by atoms with E-state index in [1.807, 2.05) is 42.6 Å². The van der Waals surface area contributed by atoms with E-state index >= 15 is 0 Å². The van der Waals surface area contributed by atoms with Gasteiger partial charge < -0.3 is 5.32 Å². The van der Waals surface area contributed by atoms with Gasteiger partial charge in [-0.05, 0) is 36.8 Å². The Kier molecular flexibility index (Phi) is 3.99. The van der Waals surface area contributed by atoms with E-state index in [9.17, 15) is 0 Å². The molecule has 2 rings (SSSR count). The smallest absolute Gasteiger partial charge is 0.0426 e. The van der Waals surface area contributed by atoms with E-state index in [-0.39, 0.29) is 0 Å². The summed E-state index contributed by atoms with van der Waals surface area (Å²) >= 11 is 5.96. The molecule has 1 N–H and O–H groups in total. The van der Waals surface area contributed by atoms with Gasteiger partial charge in [0, 0.05) is 35.6 Å². The number of hydrogen-bond acceptors (Lipinski definition) is 2. The topological polar surface area (TPSA) is 24.9 Å². The second kappa shape index (κ2) is 5.69. The fraction of sp³-hybridized carbons (Fsp3) is 0.214. The van der Waals surface area contributed by atoms with Gasteiger partial charge in [-0.15, -0.1) is 0 Å². The number of pyridine rings is 1. The first-order valence-corrected chi connectivity index (χ1v) is 6.03. The maximum absolute atomic E-state index is 5.96. The Labute approximate surface area is 107 Å². The van der Waals surface area contributed by atoms with Crippen LogP contribution in [0.25, 0.3) is 0 Å². The van der Waals surface area contributed by atoms with Gasteiger partial charge in [-0.3, -0.25) is 4.98 Å². The van der Waals surface area contributed by atoms with Crippen LogP contribution in [-0.2, 0) is 6.42 Å². The number of benzene rings is 1. The summed E-state index contributed by atoms with van der Waals surface area (Å²) in [4.78, 5) is 4.28. The second-order valence-corrected chi connectivity index (χ2v) is 4.39. The van der Waals surface area contributed by atoms with Crippen LogP contribution in [-0.4, -0.2) is 11.5 Å². The van der Waals surface area contributed by atoms with Crippen molar-refractivity contribution in [1.29, 1.82) is 0 Å². The molecule has 0 atom stereocenters. The zero-order valence-electron chi connectivity index (χ0n) is 9.78. The normalized spacial score (nSPS) is 10.2. The van der Waals surface area contributed by atoms with Gasteiger partial charge in [-0.2, -0.15) is 0 Å². The first kappa shape index (κ1) is 11.9. The van der Waals surface area contributed by atoms with E-state index in [0.717, 1.165) is 29.4 Å². The van der Waals surface area contributed by atoms with Crippen molar-refractivity contribution in [2.75, 3.05) is 11.9 Å². The Balaban J connectivity index is 1.92. The molecule has 0 saturated carbocycles. The Morgan fingerprint density at radius 3 is 2.88 bits per heavy atom. The summed E-state index contributed by atoms with van der Waals surface area (Å²) < 4.78 is 0. The number of nitrogens with one attached hydrogen (secondary N) is 1. The minimum atomic E-state index is 0.760. The predicted molar refractivity (Wildman–Crippen MR) is 72.6 cm³/mol. The van der Waals surface area contributed by atoms with E-state index < -0.39 is 0 Å². The van der Waals surface area contributed by atoms with Crippen molar-refractivity contribution in [2.24, 2.45) is 0 Å². The largest absolute Gasteiger partial charge is 0.384 e. The van der Waals surface area contributed by atoms with Crippen LogP contribution in [0.15, 0.2) is 42.6 Å². The molecule has 0 aliphatic heterocycles. The van der Waals surface area contributed by atoms with Crippen LogP contribution in [0, 0.1) is 6.92 Å². The average Bonchev–Trinajstić information content (AvgIpc) is 2.35. The molecule has 0 fully saturated rings. The Morgan fingerprint density at radius 2 is 2.12 bits per heavy atom. The van der Waals surface area contributed by atoms with E-state index in [4.69, 9.17) is 11.6 Å². The van der Waals surface area contributed by atoms with Crippen LogP contribution in [0.1, 0.15) is 11.3 Å². The van der Waals surface area contributed by atoms with E-state index in [2.05, 4.69) is 17.2 Å². The van der Waals surface area contributed by atoms with Crippen LogP contribution in [0.4, 0.5) is 5.69 Å². The summed E-state index contributed by atoms with van der Waals surface area (Å²) in [6, 6.07) is 11.8. The van der Waals surface area contributed by atoms with Gasteiger partial charge in [-0.1, -0.05) is 23.7 Å². The standard InChI is InChI=1S/C14H15ClN2/c1-11-5-6-12(15)10-14(11)17-9-7-13-4-2-3-8-16-13/h2-6,8,10,17H,7,9H2,1H3. The SMILES string of the molecule is Cc1ccc(Cl)cc1NCCc1ccccn1. The Morgan fingerprint density at radius 1 is 1.24 bits per heavy atom. The Bertz CT molecular complexity index is 483. The molecule has 3 heteroatoms. The molecule has 0 unspecified atom stereocenters. The molecule has 0 saturated heterocycles. The fourth-order valence-electron chi connectivity index (χ4n) is 1.66. The van der Waals surface area contributed by atoms with Crippen LogP contribution in [0.3, 0.4) is 0 Å². The summed E-state index contributed by atoms with van der Waals surface area (Å²) in [6.45, 7) is 2.93. The molecule has 1 aromatic carbocycles. The molecule has 0 bridgehead atoms. The highest BCUT2D eigenvalue weighted by Gasteiger charge is 1.99. The molecule has 1 heterocycles. The van der Waals surface area contributed by atoms with Crippen LogP contribution >= 0.6 is 11.6 Å². The minimum absolute atomic E-state index is 0.760. The van der Waals surface area contributed by atoms with Crippen LogP contribution < -0.4 is 5.32 Å². The van der Waals surface area contributed by atoms with Gasteiger partial charge in [0.1, 0.15) is 0 Å². The maximum atomic E-state index is 5.96. The fourth-order valence-corrected chi connectivity index (χ4v) is 1.83. The van der Waals surface area contributed by atoms with Crippen molar-refractivity contribution in [2.45, 2.75) is 13.3 Å². The molecule has 88 valence electrons. The Hall–Kier alpha value is -1.54. The quantitative estimate of drug-likeness (QED) is 0.890. The third-order valence-electron chi connectivity index (χ3n) is 2.62. The molecule has 0 amide bonds. The van der Waals surface area contributed by atoms with Gasteiger partial charge in [0.2, 0.25) is 0 Å². The van der Waals surface area contributed by atoms with E-state index in [1.165, 1.54) is 5.56 Å². The van der Waals surface area contributed by atoms with Crippen molar-refractivity contribution in [3.05, 3.63) is 58.9 Å². The van der Waals surface area contributed by atoms with Gasteiger partial charge in [0.25, 0.3) is 0 Å². The summed E-state index contributed by atoms with van der Waals surface area (Å²) in [5.41, 5.74) is 3.39. The minimum Gasteiger partial charge on any atom is -0.384 e. The molecule has 17 heavy (non-hydrogen) atoms. The molecule has 0 radical (unpaired) electrons. The number of nitrogens with zero attached hydrogens (tertiary/aromatic N) is 1. The molecular weight excluding hydrogens is 232 g/mol. The van der Waals surface area contributed by atoms with Crippen molar-refractivity contribution in [1.82, 2.24) is 4.98 Å². The highest BCUT2D eigenvalue weighted by molar-refractivity contribution is 6.30. The van der Waals surface area contributed by atoms with Gasteiger partial charge >= 0.3 is 0 Å². The average molecular weight is 247 g/mol. The van der Waals surface area contributed by atoms with Crippen molar-refractivity contribution in [3.8, 4) is 0 Å². The van der Waals surface area contributed by atoms with E-state index in [1.54, 1.807) is 0 Å². The lowest BCUT2D eigenvalue weighted by Crippen LogP contribution is -2.06. The van der Waals surface area contributed by atoms with Crippen LogP contribution in [0.5, 0.6) is 0 Å². The number of anilines is 1. The first-order valence-electron chi connectivity index (χ1n) is 5.65. The number of halogens is 1. The third-order valence-corrected chi connectivity index (χ3v) is 2.86. The number of hydrogen-bond donors (Lipinski definition) is 1. The van der Waals surface area contributed by atoms with Gasteiger partial charge in [0.15, 0.2) is 0 Å². The van der Waals surface area contributed by atoms with Crippen molar-refractivity contribution in [3.63, 3.8) is 0 Å². The third kappa shape index (κ3) is 3.46. The lowest BCUT2D eigenvalue weighted by atomic mass is 10.2. The summed E-state index contributed by atoms with van der Waals surface area (Å²) in [7, 11) is 0. The number of aryl methyl sites for hydroxylation is 1. The molecule has 1 aromatic heterocycles. The highest BCUT2D eigenvalue weighted by Crippen LogP contribution is 2.19. The summed E-state index contributed by atoms with van der Waals surface area (Å²) in [6.07, 6.45) is 2.73. The van der Waals surface area contributed by atoms with Gasteiger partial charge in [0.05, 0.1) is 0 Å². The molecule has 0 spiro atoms. The molecule has 2 aromatic rings. The number of rotatable bonds is 4. The first-order chi connectivity index (χ1) is 8.25. The zero-order chi connectivity index (χ0) is 12.1. The molecule has 2 nitrogen and oxygen atoms in total. The maximum Gasteiger partial charge on any atom is 0.0426 e. The number of aromatic nitrogens is 1. The molecular formula is C14H15ClN2.